The lowest BCUT2D eigenvalue weighted by molar-refractivity contribution is -0.140. The molecule has 0 radical (unpaired) electrons. The Bertz CT molecular complexity index is 1070. The molecule has 0 aromatic heterocycles. The van der Waals surface area contributed by atoms with Crippen LogP contribution >= 0.6 is 0 Å². The van der Waals surface area contributed by atoms with Gasteiger partial charge in [0.25, 0.3) is 0 Å². The number of hydrogen-bond acceptors (Lipinski definition) is 4. The summed E-state index contributed by atoms with van der Waals surface area (Å²) in [5, 5.41) is 2.55. The summed E-state index contributed by atoms with van der Waals surface area (Å²) in [6.07, 6.45) is 1.37. The van der Waals surface area contributed by atoms with Gasteiger partial charge in [0.05, 0.1) is 11.9 Å². The predicted octanol–water partition coefficient (Wildman–Crippen LogP) is 2.76. The van der Waals surface area contributed by atoms with Crippen LogP contribution in [0, 0.1) is 19.7 Å². The van der Waals surface area contributed by atoms with Gasteiger partial charge in [-0.1, -0.05) is 31.2 Å². The summed E-state index contributed by atoms with van der Waals surface area (Å²) in [4.78, 5) is 27.3. The molecule has 0 aliphatic rings. The average molecular weight is 464 g/mol. The first-order chi connectivity index (χ1) is 15.0. The Hall–Kier alpha value is -2.94. The number of carbonyl (C=O) groups is 2. The van der Waals surface area contributed by atoms with Crippen LogP contribution in [0.3, 0.4) is 0 Å². The zero-order valence-corrected chi connectivity index (χ0v) is 19.9. The Morgan fingerprint density at radius 2 is 1.72 bits per heavy atom. The Kier molecular flexibility index (Phi) is 8.38. The van der Waals surface area contributed by atoms with Gasteiger partial charge < -0.3 is 10.2 Å². The Labute approximate surface area is 189 Å². The molecule has 2 aromatic carbocycles. The molecular formula is C23H30FN3O4S. The highest BCUT2D eigenvalue weighted by atomic mass is 32.2. The molecule has 0 heterocycles. The average Bonchev–Trinajstić information content (AvgIpc) is 2.74. The molecule has 2 amide bonds. The predicted molar refractivity (Wildman–Crippen MR) is 123 cm³/mol. The highest BCUT2D eigenvalue weighted by molar-refractivity contribution is 7.92. The van der Waals surface area contributed by atoms with Crippen molar-refractivity contribution in [3.63, 3.8) is 0 Å². The highest BCUT2D eigenvalue weighted by Crippen LogP contribution is 2.25. The summed E-state index contributed by atoms with van der Waals surface area (Å²) < 4.78 is 39.6. The first-order valence-corrected chi connectivity index (χ1v) is 12.1. The molecule has 0 saturated heterocycles. The van der Waals surface area contributed by atoms with Crippen molar-refractivity contribution >= 4 is 27.5 Å². The Morgan fingerprint density at radius 3 is 2.25 bits per heavy atom. The first-order valence-electron chi connectivity index (χ1n) is 10.3. The van der Waals surface area contributed by atoms with Gasteiger partial charge in [0.1, 0.15) is 18.4 Å². The second kappa shape index (κ2) is 10.6. The minimum absolute atomic E-state index is 0.0371. The van der Waals surface area contributed by atoms with Gasteiger partial charge in [0.15, 0.2) is 0 Å². The molecular weight excluding hydrogens is 433 g/mol. The molecule has 2 aromatic rings. The van der Waals surface area contributed by atoms with Crippen molar-refractivity contribution in [3.8, 4) is 0 Å². The maximum atomic E-state index is 13.4. The molecule has 0 bridgehead atoms. The van der Waals surface area contributed by atoms with Gasteiger partial charge in [-0.15, -0.1) is 0 Å². The molecule has 174 valence electrons. The number of anilines is 1. The number of halogens is 1. The minimum atomic E-state index is -3.79. The van der Waals surface area contributed by atoms with Crippen molar-refractivity contribution in [1.29, 1.82) is 0 Å². The standard InChI is InChI=1S/C23H30FN3O4S/c1-6-20(23(29)25-4)26(14-18-10-12-19(24)13-11-18)22(28)15-27(32(5,30)31)21-9-7-8-16(2)17(21)3/h7-13,20H,6,14-15H2,1-5H3,(H,25,29)/t20-/m1/s1. The van der Waals surface area contributed by atoms with E-state index in [4.69, 9.17) is 0 Å². The molecule has 0 unspecified atom stereocenters. The molecule has 1 atom stereocenters. The van der Waals surface area contributed by atoms with Crippen molar-refractivity contribution in [2.45, 2.75) is 39.8 Å². The normalized spacial score (nSPS) is 12.2. The summed E-state index contributed by atoms with van der Waals surface area (Å²) in [7, 11) is -2.31. The first kappa shape index (κ1) is 25.3. The fraction of sp³-hybridized carbons (Fsp3) is 0.391. The molecule has 0 saturated carbocycles. The van der Waals surface area contributed by atoms with Gasteiger partial charge in [0, 0.05) is 13.6 Å². The van der Waals surface area contributed by atoms with Crippen LogP contribution in [0.5, 0.6) is 0 Å². The maximum absolute atomic E-state index is 13.4. The number of sulfonamides is 1. The molecule has 7 nitrogen and oxygen atoms in total. The number of likely N-dealkylation sites (N-methyl/N-ethyl adjacent to an activating group) is 1. The zero-order valence-electron chi connectivity index (χ0n) is 19.1. The van der Waals surface area contributed by atoms with Crippen LogP contribution in [-0.2, 0) is 26.2 Å². The minimum Gasteiger partial charge on any atom is -0.357 e. The van der Waals surface area contributed by atoms with Crippen LogP contribution in [0.1, 0.15) is 30.0 Å². The van der Waals surface area contributed by atoms with Crippen molar-refractivity contribution in [1.82, 2.24) is 10.2 Å². The number of hydrogen-bond donors (Lipinski definition) is 1. The Morgan fingerprint density at radius 1 is 1.09 bits per heavy atom. The summed E-state index contributed by atoms with van der Waals surface area (Å²) in [5.74, 6) is -1.31. The van der Waals surface area contributed by atoms with Crippen LogP contribution in [0.2, 0.25) is 0 Å². The maximum Gasteiger partial charge on any atom is 0.244 e. The van der Waals surface area contributed by atoms with Crippen molar-refractivity contribution in [2.24, 2.45) is 0 Å². The molecule has 0 aliphatic heterocycles. The van der Waals surface area contributed by atoms with E-state index in [1.807, 2.05) is 13.0 Å². The lowest BCUT2D eigenvalue weighted by atomic mass is 10.1. The molecule has 0 fully saturated rings. The number of carbonyl (C=O) groups excluding carboxylic acids is 2. The van der Waals surface area contributed by atoms with E-state index in [-0.39, 0.29) is 12.5 Å². The van der Waals surface area contributed by atoms with Gasteiger partial charge in [-0.2, -0.15) is 0 Å². The second-order valence-electron chi connectivity index (χ2n) is 7.68. The lowest BCUT2D eigenvalue weighted by Gasteiger charge is -2.33. The van der Waals surface area contributed by atoms with E-state index in [9.17, 15) is 22.4 Å². The third kappa shape index (κ3) is 6.06. The van der Waals surface area contributed by atoms with Gasteiger partial charge in [0.2, 0.25) is 21.8 Å². The van der Waals surface area contributed by atoms with Gasteiger partial charge in [-0.25, -0.2) is 12.8 Å². The van der Waals surface area contributed by atoms with Gasteiger partial charge in [-0.3, -0.25) is 13.9 Å². The largest absolute Gasteiger partial charge is 0.357 e. The van der Waals surface area contributed by atoms with Crippen LogP contribution in [0.15, 0.2) is 42.5 Å². The van der Waals surface area contributed by atoms with E-state index in [0.29, 0.717) is 17.7 Å². The number of nitrogens with one attached hydrogen (secondary N) is 1. The van der Waals surface area contributed by atoms with E-state index < -0.39 is 34.3 Å². The molecule has 32 heavy (non-hydrogen) atoms. The van der Waals surface area contributed by atoms with Crippen LogP contribution in [0.4, 0.5) is 10.1 Å². The van der Waals surface area contributed by atoms with Crippen LogP contribution in [-0.4, -0.2) is 51.0 Å². The number of aryl methyl sites for hydroxylation is 1. The van der Waals surface area contributed by atoms with Crippen LogP contribution < -0.4 is 9.62 Å². The monoisotopic (exact) mass is 463 g/mol. The SMILES string of the molecule is CC[C@H](C(=O)NC)N(Cc1ccc(F)cc1)C(=O)CN(c1cccc(C)c1C)S(C)(=O)=O. The van der Waals surface area contributed by atoms with E-state index >= 15 is 0 Å². The molecule has 1 N–H and O–H groups in total. The number of benzene rings is 2. The highest BCUT2D eigenvalue weighted by Gasteiger charge is 2.31. The van der Waals surface area contributed by atoms with Crippen LogP contribution in [0.25, 0.3) is 0 Å². The van der Waals surface area contributed by atoms with E-state index in [2.05, 4.69) is 5.32 Å². The van der Waals surface area contributed by atoms with Gasteiger partial charge >= 0.3 is 0 Å². The topological polar surface area (TPSA) is 86.8 Å². The smallest absolute Gasteiger partial charge is 0.244 e. The third-order valence-electron chi connectivity index (χ3n) is 5.42. The van der Waals surface area contributed by atoms with E-state index in [1.54, 1.807) is 26.0 Å². The number of rotatable bonds is 9. The molecule has 2 rings (SSSR count). The zero-order chi connectivity index (χ0) is 24.1. The fourth-order valence-corrected chi connectivity index (χ4v) is 4.37. The molecule has 0 spiro atoms. The van der Waals surface area contributed by atoms with Gasteiger partial charge in [-0.05, 0) is 55.2 Å². The summed E-state index contributed by atoms with van der Waals surface area (Å²) in [6, 6.07) is 10.1. The summed E-state index contributed by atoms with van der Waals surface area (Å²) in [5.41, 5.74) is 2.67. The number of amides is 2. The van der Waals surface area contributed by atoms with Crippen molar-refractivity contribution < 1.29 is 22.4 Å². The quantitative estimate of drug-likeness (QED) is 0.620. The second-order valence-corrected chi connectivity index (χ2v) is 9.58. The van der Waals surface area contributed by atoms with E-state index in [1.165, 1.54) is 36.2 Å². The molecule has 0 aliphatic carbocycles. The van der Waals surface area contributed by atoms with E-state index in [0.717, 1.165) is 21.7 Å². The lowest BCUT2D eigenvalue weighted by Crippen LogP contribution is -2.51. The van der Waals surface area contributed by atoms with Crippen molar-refractivity contribution in [2.75, 3.05) is 24.2 Å². The summed E-state index contributed by atoms with van der Waals surface area (Å²) in [6.45, 7) is 5.00. The molecule has 9 heteroatoms. The summed E-state index contributed by atoms with van der Waals surface area (Å²) >= 11 is 0. The number of nitrogens with zero attached hydrogens (tertiary/aromatic N) is 2. The Balaban J connectivity index is 2.46. The third-order valence-corrected chi connectivity index (χ3v) is 6.55. The fourth-order valence-electron chi connectivity index (χ4n) is 3.47. The van der Waals surface area contributed by atoms with Crippen molar-refractivity contribution in [3.05, 3.63) is 65.0 Å².